The van der Waals surface area contributed by atoms with Gasteiger partial charge in [0.15, 0.2) is 0 Å². The van der Waals surface area contributed by atoms with Crippen LogP contribution in [-0.4, -0.2) is 10.2 Å². The van der Waals surface area contributed by atoms with Gasteiger partial charge in [-0.3, -0.25) is 5.10 Å². The fraction of sp³-hybridized carbons (Fsp3) is 0.250. The predicted molar refractivity (Wildman–Crippen MR) is 59.5 cm³/mol. The van der Waals surface area contributed by atoms with Crippen LogP contribution in [0.4, 0.5) is 10.2 Å². The monoisotopic (exact) mass is 217 g/mol. The van der Waals surface area contributed by atoms with Crippen LogP contribution >= 0.6 is 0 Å². The Morgan fingerprint density at radius 2 is 2.12 bits per heavy atom. The molecule has 1 aliphatic rings. The highest BCUT2D eigenvalue weighted by Crippen LogP contribution is 2.54. The Bertz CT molecular complexity index is 520. The second-order valence-corrected chi connectivity index (χ2v) is 4.22. The fourth-order valence-corrected chi connectivity index (χ4v) is 2.20. The Balaban J connectivity index is 1.84. The number of nitrogens with two attached hydrogens (primary N) is 1. The number of nitrogen functional groups attached to an aromatic ring is 1. The standard InChI is InChI=1S/C12H12FN3/c13-10-4-2-1-3-7(10)8-5-9(8)11-6-12(14)16-15-11/h1-4,6,8-9H,5H2,(H3,14,15,16). The van der Waals surface area contributed by atoms with Gasteiger partial charge >= 0.3 is 0 Å². The van der Waals surface area contributed by atoms with Crippen molar-refractivity contribution in [2.45, 2.75) is 18.3 Å². The van der Waals surface area contributed by atoms with Crippen LogP contribution in [0.15, 0.2) is 30.3 Å². The SMILES string of the molecule is Nc1cc(C2CC2c2ccccc2F)[nH]n1. The van der Waals surface area contributed by atoms with Crippen molar-refractivity contribution in [2.75, 3.05) is 5.73 Å². The highest BCUT2D eigenvalue weighted by molar-refractivity contribution is 5.38. The van der Waals surface area contributed by atoms with Crippen LogP contribution in [0.25, 0.3) is 0 Å². The van der Waals surface area contributed by atoms with E-state index in [2.05, 4.69) is 10.2 Å². The summed E-state index contributed by atoms with van der Waals surface area (Å²) in [6.07, 6.45) is 0.961. The number of benzene rings is 1. The number of anilines is 1. The number of hydrogen-bond acceptors (Lipinski definition) is 2. The van der Waals surface area contributed by atoms with Crippen LogP contribution in [0.5, 0.6) is 0 Å². The molecular weight excluding hydrogens is 205 g/mol. The Labute approximate surface area is 92.5 Å². The number of hydrogen-bond donors (Lipinski definition) is 2. The van der Waals surface area contributed by atoms with Crippen molar-refractivity contribution in [3.8, 4) is 0 Å². The van der Waals surface area contributed by atoms with E-state index in [1.54, 1.807) is 6.07 Å². The van der Waals surface area contributed by atoms with Gasteiger partial charge in [0.05, 0.1) is 0 Å². The van der Waals surface area contributed by atoms with Crippen molar-refractivity contribution in [1.29, 1.82) is 0 Å². The van der Waals surface area contributed by atoms with Gasteiger partial charge in [0, 0.05) is 17.7 Å². The number of nitrogens with one attached hydrogen (secondary N) is 1. The van der Waals surface area contributed by atoms with E-state index < -0.39 is 0 Å². The van der Waals surface area contributed by atoms with Crippen molar-refractivity contribution in [2.24, 2.45) is 0 Å². The molecule has 3 rings (SSSR count). The maximum absolute atomic E-state index is 13.5. The van der Waals surface area contributed by atoms with E-state index in [0.29, 0.717) is 11.7 Å². The number of aromatic nitrogens is 2. The summed E-state index contributed by atoms with van der Waals surface area (Å²) in [6.45, 7) is 0. The number of aromatic amines is 1. The first kappa shape index (κ1) is 9.39. The van der Waals surface area contributed by atoms with E-state index in [1.165, 1.54) is 6.07 Å². The van der Waals surface area contributed by atoms with Gasteiger partial charge in [-0.25, -0.2) is 4.39 Å². The molecule has 1 heterocycles. The van der Waals surface area contributed by atoms with Crippen molar-refractivity contribution < 1.29 is 4.39 Å². The van der Waals surface area contributed by atoms with E-state index in [4.69, 9.17) is 5.73 Å². The van der Waals surface area contributed by atoms with Gasteiger partial charge in [0.25, 0.3) is 0 Å². The normalized spacial score (nSPS) is 23.3. The summed E-state index contributed by atoms with van der Waals surface area (Å²) in [4.78, 5) is 0. The van der Waals surface area contributed by atoms with Crippen molar-refractivity contribution >= 4 is 5.82 Å². The minimum atomic E-state index is -0.123. The van der Waals surface area contributed by atoms with Crippen LogP contribution in [0.2, 0.25) is 0 Å². The highest BCUT2D eigenvalue weighted by atomic mass is 19.1. The molecule has 0 spiro atoms. The molecule has 16 heavy (non-hydrogen) atoms. The molecule has 0 saturated heterocycles. The third-order valence-corrected chi connectivity index (χ3v) is 3.11. The summed E-state index contributed by atoms with van der Waals surface area (Å²) in [5, 5.41) is 6.78. The van der Waals surface area contributed by atoms with Gasteiger partial charge < -0.3 is 5.73 Å². The molecule has 82 valence electrons. The zero-order chi connectivity index (χ0) is 11.1. The minimum Gasteiger partial charge on any atom is -0.382 e. The predicted octanol–water partition coefficient (Wildman–Crippen LogP) is 2.40. The molecule has 3 nitrogen and oxygen atoms in total. The Kier molecular flexibility index (Phi) is 1.96. The van der Waals surface area contributed by atoms with Crippen molar-refractivity contribution in [1.82, 2.24) is 10.2 Å². The van der Waals surface area contributed by atoms with E-state index >= 15 is 0 Å². The van der Waals surface area contributed by atoms with Crippen LogP contribution in [0, 0.1) is 5.82 Å². The maximum Gasteiger partial charge on any atom is 0.145 e. The lowest BCUT2D eigenvalue weighted by atomic mass is 10.1. The summed E-state index contributed by atoms with van der Waals surface area (Å²) in [5.74, 6) is 0.972. The van der Waals surface area contributed by atoms with Gasteiger partial charge in [-0.15, -0.1) is 0 Å². The number of halogens is 1. The third kappa shape index (κ3) is 1.46. The molecule has 0 radical (unpaired) electrons. The molecular formula is C12H12FN3. The topological polar surface area (TPSA) is 54.7 Å². The van der Waals surface area contributed by atoms with Crippen LogP contribution in [0.1, 0.15) is 29.5 Å². The highest BCUT2D eigenvalue weighted by Gasteiger charge is 2.41. The first-order chi connectivity index (χ1) is 7.75. The molecule has 2 unspecified atom stereocenters. The van der Waals surface area contributed by atoms with Gasteiger partial charge in [0.2, 0.25) is 0 Å². The average molecular weight is 217 g/mol. The lowest BCUT2D eigenvalue weighted by molar-refractivity contribution is 0.609. The van der Waals surface area contributed by atoms with E-state index in [0.717, 1.165) is 17.7 Å². The largest absolute Gasteiger partial charge is 0.382 e. The molecule has 4 heteroatoms. The maximum atomic E-state index is 13.5. The molecule has 2 aromatic rings. The summed E-state index contributed by atoms with van der Waals surface area (Å²) < 4.78 is 13.5. The number of rotatable bonds is 2. The Morgan fingerprint density at radius 1 is 1.31 bits per heavy atom. The smallest absolute Gasteiger partial charge is 0.145 e. The zero-order valence-electron chi connectivity index (χ0n) is 8.65. The molecule has 1 fully saturated rings. The first-order valence-electron chi connectivity index (χ1n) is 5.31. The van der Waals surface area contributed by atoms with Gasteiger partial charge in [-0.05, 0) is 24.0 Å². The molecule has 0 aliphatic heterocycles. The van der Waals surface area contributed by atoms with Crippen molar-refractivity contribution in [3.63, 3.8) is 0 Å². The van der Waals surface area contributed by atoms with E-state index in [9.17, 15) is 4.39 Å². The summed E-state index contributed by atoms with van der Waals surface area (Å²) in [7, 11) is 0. The molecule has 3 N–H and O–H groups in total. The lowest BCUT2D eigenvalue weighted by Gasteiger charge is -2.00. The Morgan fingerprint density at radius 3 is 2.81 bits per heavy atom. The van der Waals surface area contributed by atoms with Crippen LogP contribution in [0.3, 0.4) is 0 Å². The summed E-state index contributed by atoms with van der Waals surface area (Å²) in [5.41, 5.74) is 7.34. The quantitative estimate of drug-likeness (QED) is 0.811. The summed E-state index contributed by atoms with van der Waals surface area (Å²) >= 11 is 0. The fourth-order valence-electron chi connectivity index (χ4n) is 2.20. The van der Waals surface area contributed by atoms with Gasteiger partial charge in [-0.1, -0.05) is 18.2 Å². The molecule has 0 amide bonds. The van der Waals surface area contributed by atoms with Crippen LogP contribution in [-0.2, 0) is 0 Å². The van der Waals surface area contributed by atoms with E-state index in [1.807, 2.05) is 18.2 Å². The molecule has 1 aliphatic carbocycles. The van der Waals surface area contributed by atoms with Crippen molar-refractivity contribution in [3.05, 3.63) is 47.4 Å². The lowest BCUT2D eigenvalue weighted by Crippen LogP contribution is -1.88. The minimum absolute atomic E-state index is 0.123. The second kappa shape index (κ2) is 3.33. The average Bonchev–Trinajstić information content (AvgIpc) is 2.95. The van der Waals surface area contributed by atoms with E-state index in [-0.39, 0.29) is 11.7 Å². The zero-order valence-corrected chi connectivity index (χ0v) is 8.65. The van der Waals surface area contributed by atoms with Crippen LogP contribution < -0.4 is 5.73 Å². The molecule has 1 saturated carbocycles. The molecule has 0 bridgehead atoms. The number of nitrogens with zero attached hydrogens (tertiary/aromatic N) is 1. The third-order valence-electron chi connectivity index (χ3n) is 3.11. The molecule has 2 atom stereocenters. The Hall–Kier alpha value is -1.84. The van der Waals surface area contributed by atoms with Gasteiger partial charge in [0.1, 0.15) is 11.6 Å². The first-order valence-corrected chi connectivity index (χ1v) is 5.31. The second-order valence-electron chi connectivity index (χ2n) is 4.22. The van der Waals surface area contributed by atoms with Gasteiger partial charge in [-0.2, -0.15) is 5.10 Å². The number of H-pyrrole nitrogens is 1. The molecule has 1 aromatic heterocycles. The summed E-state index contributed by atoms with van der Waals surface area (Å²) in [6, 6.07) is 8.76. The molecule has 1 aromatic carbocycles.